The van der Waals surface area contributed by atoms with Gasteiger partial charge in [-0.2, -0.15) is 0 Å². The number of halogens is 2. The molecule has 2 rings (SSSR count). The molecule has 0 bridgehead atoms. The third kappa shape index (κ3) is 2.79. The van der Waals surface area contributed by atoms with Crippen molar-refractivity contribution in [1.29, 1.82) is 0 Å². The fourth-order valence-corrected chi connectivity index (χ4v) is 1.57. The van der Waals surface area contributed by atoms with Crippen LogP contribution < -0.4 is 5.32 Å². The Kier molecular flexibility index (Phi) is 3.51. The van der Waals surface area contributed by atoms with Gasteiger partial charge in [0.15, 0.2) is 0 Å². The highest BCUT2D eigenvalue weighted by Crippen LogP contribution is 2.16. The zero-order chi connectivity index (χ0) is 11.4. The quantitative estimate of drug-likeness (QED) is 0.798. The van der Waals surface area contributed by atoms with Crippen molar-refractivity contribution in [3.63, 3.8) is 0 Å². The molecule has 0 radical (unpaired) electrons. The van der Waals surface area contributed by atoms with E-state index in [9.17, 15) is 8.78 Å². The molecule has 0 aromatic heterocycles. The van der Waals surface area contributed by atoms with Crippen molar-refractivity contribution >= 4 is 5.69 Å². The van der Waals surface area contributed by atoms with E-state index >= 15 is 0 Å². The van der Waals surface area contributed by atoms with Gasteiger partial charge in [0.05, 0.1) is 18.9 Å². The average molecular weight is 225 g/mol. The van der Waals surface area contributed by atoms with Crippen LogP contribution >= 0.6 is 0 Å². The van der Waals surface area contributed by atoms with E-state index in [0.29, 0.717) is 13.2 Å². The molecule has 0 saturated carbocycles. The largest absolute Gasteiger partial charge is 0.379 e. The highest BCUT2D eigenvalue weighted by Gasteiger charge is 2.06. The molecule has 1 aliphatic heterocycles. The maximum absolute atomic E-state index is 13.2. The zero-order valence-electron chi connectivity index (χ0n) is 8.80. The summed E-state index contributed by atoms with van der Waals surface area (Å²) < 4.78 is 31.4. The minimum absolute atomic E-state index is 0.187. The zero-order valence-corrected chi connectivity index (χ0v) is 8.80. The number of ether oxygens (including phenoxy) is 1. The van der Waals surface area contributed by atoms with Gasteiger partial charge >= 0.3 is 0 Å². The van der Waals surface area contributed by atoms with Gasteiger partial charge in [0.2, 0.25) is 0 Å². The van der Waals surface area contributed by atoms with Crippen molar-refractivity contribution in [2.75, 3.05) is 25.1 Å². The van der Waals surface area contributed by atoms with Gasteiger partial charge in [-0.15, -0.1) is 0 Å². The first kappa shape index (κ1) is 11.1. The molecule has 1 aromatic rings. The smallest absolute Gasteiger partial charge is 0.146 e. The maximum atomic E-state index is 13.2. The first-order valence-electron chi connectivity index (χ1n) is 5.20. The topological polar surface area (TPSA) is 21.3 Å². The van der Waals surface area contributed by atoms with E-state index in [1.165, 1.54) is 0 Å². The molecule has 16 heavy (non-hydrogen) atoms. The van der Waals surface area contributed by atoms with Crippen molar-refractivity contribution in [2.24, 2.45) is 0 Å². The van der Waals surface area contributed by atoms with Crippen molar-refractivity contribution < 1.29 is 13.5 Å². The van der Waals surface area contributed by atoms with Crippen LogP contribution in [0.4, 0.5) is 14.5 Å². The van der Waals surface area contributed by atoms with Gasteiger partial charge in [-0.25, -0.2) is 8.78 Å². The van der Waals surface area contributed by atoms with Crippen LogP contribution in [-0.2, 0) is 4.74 Å². The van der Waals surface area contributed by atoms with Gasteiger partial charge in [-0.1, -0.05) is 6.08 Å². The van der Waals surface area contributed by atoms with Crippen LogP contribution in [-0.4, -0.2) is 19.8 Å². The normalized spacial score (nSPS) is 15.8. The summed E-state index contributed by atoms with van der Waals surface area (Å²) in [7, 11) is 0. The Hall–Kier alpha value is -1.42. The molecule has 1 aromatic carbocycles. The predicted octanol–water partition coefficient (Wildman–Crippen LogP) is 2.72. The summed E-state index contributed by atoms with van der Waals surface area (Å²) in [6, 6.07) is 3.37. The molecule has 0 unspecified atom stereocenters. The molecule has 1 N–H and O–H groups in total. The molecule has 2 nitrogen and oxygen atoms in total. The summed E-state index contributed by atoms with van der Waals surface area (Å²) >= 11 is 0. The fourth-order valence-electron chi connectivity index (χ4n) is 1.57. The molecule has 0 aliphatic carbocycles. The summed E-state index contributed by atoms with van der Waals surface area (Å²) in [4.78, 5) is 0. The van der Waals surface area contributed by atoms with E-state index in [0.717, 1.165) is 36.8 Å². The maximum Gasteiger partial charge on any atom is 0.146 e. The molecule has 0 amide bonds. The van der Waals surface area contributed by atoms with Crippen LogP contribution in [0.5, 0.6) is 0 Å². The number of hydrogen-bond acceptors (Lipinski definition) is 2. The lowest BCUT2D eigenvalue weighted by atomic mass is 10.2. The summed E-state index contributed by atoms with van der Waals surface area (Å²) in [5.74, 6) is -0.892. The molecular formula is C12H13F2NO. The highest BCUT2D eigenvalue weighted by atomic mass is 19.1. The molecular weight excluding hydrogens is 212 g/mol. The number of rotatable bonds is 3. The van der Waals surface area contributed by atoms with Crippen LogP contribution in [0.1, 0.15) is 6.42 Å². The molecule has 1 aliphatic rings. The summed E-state index contributed by atoms with van der Waals surface area (Å²) in [6.45, 7) is 1.78. The summed E-state index contributed by atoms with van der Waals surface area (Å²) in [5.41, 5.74) is 1.25. The second-order valence-electron chi connectivity index (χ2n) is 3.68. The Labute approximate surface area is 92.9 Å². The van der Waals surface area contributed by atoms with E-state index in [1.54, 1.807) is 0 Å². The Balaban J connectivity index is 1.98. The highest BCUT2D eigenvalue weighted by molar-refractivity contribution is 5.46. The van der Waals surface area contributed by atoms with Gasteiger partial charge in [0.25, 0.3) is 0 Å². The minimum atomic E-state index is -0.447. The van der Waals surface area contributed by atoms with E-state index < -0.39 is 11.6 Å². The van der Waals surface area contributed by atoms with E-state index in [4.69, 9.17) is 4.74 Å². The molecule has 0 saturated heterocycles. The molecule has 0 atom stereocenters. The van der Waals surface area contributed by atoms with E-state index in [2.05, 4.69) is 11.4 Å². The molecule has 4 heteroatoms. The van der Waals surface area contributed by atoms with Crippen LogP contribution in [0.2, 0.25) is 0 Å². The summed E-state index contributed by atoms with van der Waals surface area (Å²) in [5, 5.41) is 2.86. The second-order valence-corrected chi connectivity index (χ2v) is 3.68. The Morgan fingerprint density at radius 3 is 2.94 bits per heavy atom. The van der Waals surface area contributed by atoms with Crippen LogP contribution in [0.15, 0.2) is 29.8 Å². The lowest BCUT2D eigenvalue weighted by molar-refractivity contribution is 0.150. The monoisotopic (exact) mass is 225 g/mol. The lowest BCUT2D eigenvalue weighted by Crippen LogP contribution is -2.14. The van der Waals surface area contributed by atoms with Gasteiger partial charge < -0.3 is 10.1 Å². The van der Waals surface area contributed by atoms with Crippen molar-refractivity contribution in [3.8, 4) is 0 Å². The van der Waals surface area contributed by atoms with Gasteiger partial charge in [0.1, 0.15) is 11.6 Å². The van der Waals surface area contributed by atoms with Crippen molar-refractivity contribution in [3.05, 3.63) is 41.5 Å². The number of nitrogens with one attached hydrogen (secondary N) is 1. The first-order valence-corrected chi connectivity index (χ1v) is 5.20. The Bertz CT molecular complexity index is 404. The molecule has 0 fully saturated rings. The van der Waals surface area contributed by atoms with Gasteiger partial charge in [-0.3, -0.25) is 0 Å². The van der Waals surface area contributed by atoms with E-state index in [-0.39, 0.29) is 5.69 Å². The Morgan fingerprint density at radius 1 is 1.31 bits per heavy atom. The van der Waals surface area contributed by atoms with Crippen molar-refractivity contribution in [2.45, 2.75) is 6.42 Å². The fraction of sp³-hybridized carbons (Fsp3) is 0.333. The number of hydrogen-bond donors (Lipinski definition) is 1. The SMILES string of the molecule is Fc1ccc(F)c(NCC2=CCCOC2)c1. The van der Waals surface area contributed by atoms with Crippen LogP contribution in [0.25, 0.3) is 0 Å². The molecule has 0 spiro atoms. The second kappa shape index (κ2) is 5.07. The van der Waals surface area contributed by atoms with Gasteiger partial charge in [-0.05, 0) is 30.2 Å². The standard InChI is InChI=1S/C12H13F2NO/c13-10-3-4-11(14)12(6-10)15-7-9-2-1-5-16-8-9/h2-4,6,15H,1,5,7-8H2. The van der Waals surface area contributed by atoms with Gasteiger partial charge in [0, 0.05) is 6.54 Å². The van der Waals surface area contributed by atoms with Crippen LogP contribution in [0.3, 0.4) is 0 Å². The van der Waals surface area contributed by atoms with E-state index in [1.807, 2.05) is 0 Å². The summed E-state index contributed by atoms with van der Waals surface area (Å²) in [6.07, 6.45) is 2.94. The lowest BCUT2D eigenvalue weighted by Gasteiger charge is -2.15. The number of benzene rings is 1. The Morgan fingerprint density at radius 2 is 2.19 bits per heavy atom. The van der Waals surface area contributed by atoms with Crippen LogP contribution in [0, 0.1) is 11.6 Å². The molecule has 1 heterocycles. The third-order valence-corrected chi connectivity index (χ3v) is 2.42. The predicted molar refractivity (Wildman–Crippen MR) is 58.4 cm³/mol. The van der Waals surface area contributed by atoms with Crippen molar-refractivity contribution in [1.82, 2.24) is 0 Å². The molecule has 86 valence electrons. The number of anilines is 1. The first-order chi connectivity index (χ1) is 7.75. The average Bonchev–Trinajstić information content (AvgIpc) is 2.32. The third-order valence-electron chi connectivity index (χ3n) is 2.42. The minimum Gasteiger partial charge on any atom is -0.379 e.